The predicted molar refractivity (Wildman–Crippen MR) is 156 cm³/mol. The number of carbonyl (C=O) groups is 2. The van der Waals surface area contributed by atoms with Gasteiger partial charge in [0.25, 0.3) is 8.32 Å². The van der Waals surface area contributed by atoms with Gasteiger partial charge in [0.2, 0.25) is 5.43 Å². The van der Waals surface area contributed by atoms with Crippen molar-refractivity contribution in [2.75, 3.05) is 13.2 Å². The molecule has 0 bridgehead atoms. The first kappa shape index (κ1) is 33.0. The topological polar surface area (TPSA) is 133 Å². The van der Waals surface area contributed by atoms with Crippen molar-refractivity contribution in [1.82, 2.24) is 0 Å². The third kappa shape index (κ3) is 7.72. The average molecular weight is 592 g/mol. The molecule has 0 aliphatic rings. The normalized spacial score (nSPS) is 14.0. The molecule has 0 aliphatic heterocycles. The summed E-state index contributed by atoms with van der Waals surface area (Å²) in [5.74, 6) is -1.86. The number of aryl methyl sites for hydroxylation is 1. The summed E-state index contributed by atoms with van der Waals surface area (Å²) < 4.78 is 44.2. The summed E-state index contributed by atoms with van der Waals surface area (Å²) in [6.45, 7) is 15.0. The van der Waals surface area contributed by atoms with Crippen LogP contribution < -0.4 is 9.85 Å². The van der Waals surface area contributed by atoms with E-state index in [1.165, 1.54) is 23.8 Å². The Hall–Kier alpha value is -3.18. The van der Waals surface area contributed by atoms with Gasteiger partial charge < -0.3 is 18.3 Å². The number of hydrogen-bond donors (Lipinski definition) is 1. The van der Waals surface area contributed by atoms with Crippen molar-refractivity contribution in [2.45, 2.75) is 77.4 Å². The van der Waals surface area contributed by atoms with Crippen LogP contribution in [0.5, 0.6) is 5.75 Å². The van der Waals surface area contributed by atoms with E-state index in [9.17, 15) is 18.6 Å². The van der Waals surface area contributed by atoms with Gasteiger partial charge in [-0.15, -0.1) is 0 Å². The summed E-state index contributed by atoms with van der Waals surface area (Å²) in [5.41, 5.74) is -1.49. The van der Waals surface area contributed by atoms with Gasteiger partial charge in [-0.1, -0.05) is 44.5 Å². The van der Waals surface area contributed by atoms with Crippen LogP contribution >= 0.6 is 0 Å². The maximum Gasteiger partial charge on any atom is 0.324 e. The van der Waals surface area contributed by atoms with E-state index in [-0.39, 0.29) is 41.1 Å². The molecule has 1 atom stereocenters. The quantitative estimate of drug-likeness (QED) is 0.181. The van der Waals surface area contributed by atoms with Gasteiger partial charge in [0.15, 0.2) is 11.2 Å². The molecule has 0 saturated heterocycles. The van der Waals surface area contributed by atoms with Crippen molar-refractivity contribution < 1.29 is 32.1 Å². The summed E-state index contributed by atoms with van der Waals surface area (Å²) in [7, 11) is -5.91. The molecular weight excluding hydrogens is 550 g/mol. The van der Waals surface area contributed by atoms with Crippen molar-refractivity contribution in [2.24, 2.45) is 5.41 Å². The largest absolute Gasteiger partial charge is 0.539 e. The third-order valence-corrected chi connectivity index (χ3v) is 12.9. The molecule has 1 heterocycles. The van der Waals surface area contributed by atoms with Crippen molar-refractivity contribution in [3.05, 3.63) is 69.6 Å². The molecule has 0 radical (unpaired) electrons. The Morgan fingerprint density at radius 3 is 2.08 bits per heavy atom. The van der Waals surface area contributed by atoms with Gasteiger partial charge in [-0.05, 0) is 57.5 Å². The fraction of sp³-hybridized carbons (Fsp3) is 0.483. The molecule has 0 aliphatic carbocycles. The molecule has 220 valence electrons. The van der Waals surface area contributed by atoms with Gasteiger partial charge in [-0.25, -0.2) is 8.99 Å². The van der Waals surface area contributed by atoms with E-state index in [4.69, 9.17) is 23.1 Å². The van der Waals surface area contributed by atoms with Gasteiger partial charge in [0.1, 0.15) is 5.76 Å². The average Bonchev–Trinajstić information content (AvgIpc) is 2.85. The molecule has 0 spiro atoms. The van der Waals surface area contributed by atoms with Crippen LogP contribution in [0.1, 0.15) is 52.4 Å². The van der Waals surface area contributed by atoms with Crippen molar-refractivity contribution >= 4 is 30.0 Å². The number of allylic oxidation sites excluding steroid dienone is 1. The number of carbonyl (C=O) groups excluding carboxylic acids is 2. The van der Waals surface area contributed by atoms with Crippen molar-refractivity contribution in [3.63, 3.8) is 0 Å². The highest BCUT2D eigenvalue weighted by molar-refractivity contribution is 7.95. The van der Waals surface area contributed by atoms with Gasteiger partial charge in [-0.2, -0.15) is 0 Å². The van der Waals surface area contributed by atoms with Crippen LogP contribution in [0.2, 0.25) is 18.1 Å². The third-order valence-electron chi connectivity index (χ3n) is 6.99. The van der Waals surface area contributed by atoms with Crippen LogP contribution in [0.3, 0.4) is 0 Å². The van der Waals surface area contributed by atoms with Crippen LogP contribution in [-0.4, -0.2) is 37.7 Å². The minimum Gasteiger partial charge on any atom is -0.539 e. The van der Waals surface area contributed by atoms with E-state index in [2.05, 4.69) is 0 Å². The molecule has 1 N–H and O–H groups in total. The summed E-state index contributed by atoms with van der Waals surface area (Å²) in [6, 6.07) is 7.92. The molecular formula is C29H41NO8SSi. The van der Waals surface area contributed by atoms with E-state index in [1.54, 1.807) is 38.1 Å². The SMILES string of the molecule is CCOC(=O)C(C/C=C/S(=N)(=O)c1ccc(C)cc1)(Cc1occc(=O)c1O[Si](C)(C)C(C)(C)C)C(=O)OCC. The summed E-state index contributed by atoms with van der Waals surface area (Å²) in [5, 5.41) is 0.915. The molecule has 0 amide bonds. The summed E-state index contributed by atoms with van der Waals surface area (Å²) in [6.07, 6.45) is 1.81. The van der Waals surface area contributed by atoms with Gasteiger partial charge in [0, 0.05) is 17.9 Å². The van der Waals surface area contributed by atoms with E-state index in [0.717, 1.165) is 5.56 Å². The Kier molecular flexibility index (Phi) is 10.7. The molecule has 0 saturated carbocycles. The summed E-state index contributed by atoms with van der Waals surface area (Å²) in [4.78, 5) is 40.2. The fourth-order valence-electron chi connectivity index (χ4n) is 3.56. The second kappa shape index (κ2) is 13.0. The van der Waals surface area contributed by atoms with E-state index in [1.807, 2.05) is 40.8 Å². The van der Waals surface area contributed by atoms with Crippen LogP contribution in [0.25, 0.3) is 0 Å². The second-order valence-electron chi connectivity index (χ2n) is 11.1. The Morgan fingerprint density at radius 1 is 1.02 bits per heavy atom. The number of ether oxygens (including phenoxy) is 2. The van der Waals surface area contributed by atoms with Gasteiger partial charge in [0.05, 0.1) is 34.1 Å². The Morgan fingerprint density at radius 2 is 1.57 bits per heavy atom. The van der Waals surface area contributed by atoms with Crippen LogP contribution in [0.4, 0.5) is 0 Å². The lowest BCUT2D eigenvalue weighted by molar-refractivity contribution is -0.172. The molecule has 1 aromatic heterocycles. The predicted octanol–water partition coefficient (Wildman–Crippen LogP) is 6.00. The highest BCUT2D eigenvalue weighted by atomic mass is 32.2. The number of benzene rings is 1. The molecule has 2 rings (SSSR count). The molecule has 0 fully saturated rings. The van der Waals surface area contributed by atoms with Crippen LogP contribution in [0, 0.1) is 17.1 Å². The van der Waals surface area contributed by atoms with Crippen molar-refractivity contribution in [3.8, 4) is 5.75 Å². The first-order valence-electron chi connectivity index (χ1n) is 13.2. The molecule has 11 heteroatoms. The lowest BCUT2D eigenvalue weighted by Gasteiger charge is -2.36. The van der Waals surface area contributed by atoms with E-state index >= 15 is 0 Å². The van der Waals surface area contributed by atoms with Gasteiger partial charge >= 0.3 is 11.9 Å². The van der Waals surface area contributed by atoms with E-state index < -0.39 is 47.2 Å². The molecule has 1 unspecified atom stereocenters. The first-order chi connectivity index (χ1) is 18.5. The zero-order chi connectivity index (χ0) is 30.4. The maximum absolute atomic E-state index is 13.5. The Bertz CT molecular complexity index is 1370. The smallest absolute Gasteiger partial charge is 0.324 e. The number of hydrogen-bond acceptors (Lipinski definition) is 9. The number of nitrogens with one attached hydrogen (secondary N) is 1. The molecule has 40 heavy (non-hydrogen) atoms. The Balaban J connectivity index is 2.65. The van der Waals surface area contributed by atoms with Gasteiger partial charge in [-0.3, -0.25) is 14.4 Å². The minimum atomic E-state index is -3.38. The Labute approximate surface area is 238 Å². The van der Waals surface area contributed by atoms with Crippen molar-refractivity contribution in [1.29, 1.82) is 4.78 Å². The standard InChI is InChI=1S/C29H41NO8SSi/c1-9-35-26(32)29(27(33)36-10-2,17-11-19-39(30,34)22-14-12-21(3)13-15-22)20-24-25(23(31)16-18-37-24)38-40(7,8)28(4,5)6/h11-16,18-19,30H,9-10,17,20H2,1-8H3/b19-11+. The second-order valence-corrected chi connectivity index (χ2v) is 17.8. The molecule has 2 aromatic rings. The maximum atomic E-state index is 13.5. The van der Waals surface area contributed by atoms with Crippen LogP contribution in [0.15, 0.2) is 62.2 Å². The van der Waals surface area contributed by atoms with E-state index in [0.29, 0.717) is 0 Å². The monoisotopic (exact) mass is 591 g/mol. The first-order valence-corrected chi connectivity index (χ1v) is 17.7. The van der Waals surface area contributed by atoms with Crippen LogP contribution in [-0.2, 0) is 35.2 Å². The fourth-order valence-corrected chi connectivity index (χ4v) is 5.66. The molecule has 9 nitrogen and oxygen atoms in total. The highest BCUT2D eigenvalue weighted by Gasteiger charge is 2.50. The lowest BCUT2D eigenvalue weighted by Crippen LogP contribution is -2.46. The zero-order valence-corrected chi connectivity index (χ0v) is 26.4. The highest BCUT2D eigenvalue weighted by Crippen LogP contribution is 2.39. The lowest BCUT2D eigenvalue weighted by atomic mass is 9.79. The molecule has 1 aromatic carbocycles. The minimum absolute atomic E-state index is 0.00280. The number of rotatable bonds is 12. The number of esters is 2. The summed E-state index contributed by atoms with van der Waals surface area (Å²) >= 11 is 0. The zero-order valence-electron chi connectivity index (χ0n) is 24.6.